The Balaban J connectivity index is 2.05. The number of benzene rings is 2. The number of hydrogen-bond acceptors (Lipinski definition) is 3. The Morgan fingerprint density at radius 2 is 1.48 bits per heavy atom. The molecular formula is C19H17NO3. The molecule has 1 fully saturated rings. The Bertz CT molecular complexity index is 753. The molecule has 0 N–H and O–H groups in total. The summed E-state index contributed by atoms with van der Waals surface area (Å²) in [5, 5.41) is 10.8. The van der Waals surface area contributed by atoms with Gasteiger partial charge in [-0.3, -0.25) is 14.9 Å². The Hall–Kier alpha value is -2.75. The van der Waals surface area contributed by atoms with E-state index in [0.29, 0.717) is 11.1 Å². The summed E-state index contributed by atoms with van der Waals surface area (Å²) in [4.78, 5) is 23.4. The third-order valence-corrected chi connectivity index (χ3v) is 4.19. The van der Waals surface area contributed by atoms with Gasteiger partial charge < -0.3 is 0 Å². The summed E-state index contributed by atoms with van der Waals surface area (Å²) in [6.45, 7) is 0. The average molecular weight is 307 g/mol. The number of allylic oxidation sites excluding steroid dienone is 2. The van der Waals surface area contributed by atoms with E-state index >= 15 is 0 Å². The highest BCUT2D eigenvalue weighted by Gasteiger charge is 2.21. The lowest BCUT2D eigenvalue weighted by Crippen LogP contribution is -2.05. The summed E-state index contributed by atoms with van der Waals surface area (Å²) >= 11 is 0. The predicted molar refractivity (Wildman–Crippen MR) is 89.3 cm³/mol. The topological polar surface area (TPSA) is 60.2 Å². The molecule has 0 saturated heterocycles. The monoisotopic (exact) mass is 307 g/mol. The number of rotatable bonds is 4. The van der Waals surface area contributed by atoms with E-state index in [1.165, 1.54) is 12.1 Å². The van der Waals surface area contributed by atoms with E-state index < -0.39 is 4.92 Å². The summed E-state index contributed by atoms with van der Waals surface area (Å²) in [5.41, 5.74) is 3.33. The highest BCUT2D eigenvalue weighted by Crippen LogP contribution is 2.34. The summed E-state index contributed by atoms with van der Waals surface area (Å²) in [6, 6.07) is 15.5. The molecule has 0 aliphatic heterocycles. The standard InChI is InChI=1S/C19H17NO3/c21-19(16-8-2-1-3-9-16)18(14-6-4-5-7-14)15-10-12-17(13-11-15)20(22)23/h1-3,8-13H,4-7H2. The maximum Gasteiger partial charge on any atom is 0.269 e. The van der Waals surface area contributed by atoms with Gasteiger partial charge in [-0.15, -0.1) is 0 Å². The van der Waals surface area contributed by atoms with Gasteiger partial charge in [0.1, 0.15) is 0 Å². The Labute approximate surface area is 134 Å². The molecule has 0 heterocycles. The van der Waals surface area contributed by atoms with Crippen LogP contribution in [-0.2, 0) is 0 Å². The van der Waals surface area contributed by atoms with E-state index in [2.05, 4.69) is 0 Å². The zero-order valence-corrected chi connectivity index (χ0v) is 12.7. The summed E-state index contributed by atoms with van der Waals surface area (Å²) in [6.07, 6.45) is 4.03. The van der Waals surface area contributed by atoms with E-state index in [9.17, 15) is 14.9 Å². The lowest BCUT2D eigenvalue weighted by atomic mass is 9.91. The second-order valence-electron chi connectivity index (χ2n) is 5.68. The molecule has 0 spiro atoms. The van der Waals surface area contributed by atoms with Gasteiger partial charge in [0.05, 0.1) is 4.92 Å². The molecule has 4 nitrogen and oxygen atoms in total. The number of carbonyl (C=O) groups is 1. The minimum Gasteiger partial charge on any atom is -0.289 e. The van der Waals surface area contributed by atoms with E-state index in [0.717, 1.165) is 36.8 Å². The molecular weight excluding hydrogens is 290 g/mol. The van der Waals surface area contributed by atoms with Crippen molar-refractivity contribution in [2.45, 2.75) is 25.7 Å². The molecule has 1 aliphatic carbocycles. The number of nitro benzene ring substituents is 1. The maximum absolute atomic E-state index is 13.0. The van der Waals surface area contributed by atoms with Crippen molar-refractivity contribution in [1.29, 1.82) is 0 Å². The normalized spacial score (nSPS) is 13.8. The van der Waals surface area contributed by atoms with E-state index in [-0.39, 0.29) is 11.5 Å². The minimum absolute atomic E-state index is 0.00338. The second-order valence-corrected chi connectivity index (χ2v) is 5.68. The van der Waals surface area contributed by atoms with Crippen molar-refractivity contribution >= 4 is 17.0 Å². The molecule has 0 atom stereocenters. The van der Waals surface area contributed by atoms with Gasteiger partial charge in [0.15, 0.2) is 5.78 Å². The molecule has 2 aromatic rings. The fourth-order valence-electron chi connectivity index (χ4n) is 3.03. The number of carbonyl (C=O) groups excluding carboxylic acids is 1. The van der Waals surface area contributed by atoms with E-state index in [1.54, 1.807) is 12.1 Å². The van der Waals surface area contributed by atoms with E-state index in [4.69, 9.17) is 0 Å². The zero-order chi connectivity index (χ0) is 16.2. The van der Waals surface area contributed by atoms with Crippen LogP contribution in [0.5, 0.6) is 0 Å². The smallest absolute Gasteiger partial charge is 0.269 e. The van der Waals surface area contributed by atoms with Crippen LogP contribution in [0.3, 0.4) is 0 Å². The maximum atomic E-state index is 13.0. The lowest BCUT2D eigenvalue weighted by Gasteiger charge is -2.11. The van der Waals surface area contributed by atoms with Crippen LogP contribution in [-0.4, -0.2) is 10.7 Å². The van der Waals surface area contributed by atoms with Gasteiger partial charge in [-0.25, -0.2) is 0 Å². The molecule has 3 rings (SSSR count). The van der Waals surface area contributed by atoms with Crippen molar-refractivity contribution in [2.75, 3.05) is 0 Å². The fourth-order valence-corrected chi connectivity index (χ4v) is 3.03. The molecule has 0 unspecified atom stereocenters. The number of Topliss-reactive ketones (excluding diaryl/α,β-unsaturated/α-hetero) is 1. The lowest BCUT2D eigenvalue weighted by molar-refractivity contribution is -0.384. The van der Waals surface area contributed by atoms with Crippen molar-refractivity contribution in [3.63, 3.8) is 0 Å². The second kappa shape index (κ2) is 6.57. The zero-order valence-electron chi connectivity index (χ0n) is 12.7. The largest absolute Gasteiger partial charge is 0.289 e. The van der Waals surface area contributed by atoms with Gasteiger partial charge in [-0.05, 0) is 43.4 Å². The molecule has 1 saturated carbocycles. The van der Waals surface area contributed by atoms with Crippen molar-refractivity contribution in [3.8, 4) is 0 Å². The molecule has 0 aromatic heterocycles. The molecule has 1 aliphatic rings. The number of nitro groups is 1. The molecule has 23 heavy (non-hydrogen) atoms. The highest BCUT2D eigenvalue weighted by atomic mass is 16.6. The van der Waals surface area contributed by atoms with Gasteiger partial charge >= 0.3 is 0 Å². The summed E-state index contributed by atoms with van der Waals surface area (Å²) in [5.74, 6) is -0.00338. The van der Waals surface area contributed by atoms with Crippen LogP contribution in [0, 0.1) is 10.1 Å². The number of non-ortho nitro benzene ring substituents is 1. The first-order valence-electron chi connectivity index (χ1n) is 7.73. The predicted octanol–water partition coefficient (Wildman–Crippen LogP) is 4.81. The van der Waals surface area contributed by atoms with Gasteiger partial charge in [0.2, 0.25) is 0 Å². The van der Waals surface area contributed by atoms with Gasteiger partial charge in [0.25, 0.3) is 5.69 Å². The molecule has 2 aromatic carbocycles. The van der Waals surface area contributed by atoms with Crippen LogP contribution < -0.4 is 0 Å². The van der Waals surface area contributed by atoms with Crippen molar-refractivity contribution in [2.24, 2.45) is 0 Å². The number of nitrogens with zero attached hydrogens (tertiary/aromatic N) is 1. The highest BCUT2D eigenvalue weighted by molar-refractivity contribution is 6.29. The van der Waals surface area contributed by atoms with Gasteiger partial charge in [-0.1, -0.05) is 35.9 Å². The van der Waals surface area contributed by atoms with Gasteiger partial charge in [-0.2, -0.15) is 0 Å². The molecule has 0 amide bonds. The van der Waals surface area contributed by atoms with Crippen molar-refractivity contribution in [3.05, 3.63) is 81.4 Å². The average Bonchev–Trinajstić information content (AvgIpc) is 3.10. The van der Waals surface area contributed by atoms with E-state index in [1.807, 2.05) is 30.3 Å². The molecule has 4 heteroatoms. The van der Waals surface area contributed by atoms with Crippen molar-refractivity contribution < 1.29 is 9.72 Å². The SMILES string of the molecule is O=C(C(=C1CCCC1)c1ccc([N+](=O)[O-])cc1)c1ccccc1. The first-order valence-corrected chi connectivity index (χ1v) is 7.73. The van der Waals surface area contributed by atoms with Crippen LogP contribution in [0.1, 0.15) is 41.6 Å². The van der Waals surface area contributed by atoms with Crippen LogP contribution >= 0.6 is 0 Å². The summed E-state index contributed by atoms with van der Waals surface area (Å²) in [7, 11) is 0. The third kappa shape index (κ3) is 3.21. The summed E-state index contributed by atoms with van der Waals surface area (Å²) < 4.78 is 0. The van der Waals surface area contributed by atoms with Crippen LogP contribution in [0.15, 0.2) is 60.2 Å². The molecule has 0 bridgehead atoms. The third-order valence-electron chi connectivity index (χ3n) is 4.19. The fraction of sp³-hybridized carbons (Fsp3) is 0.211. The van der Waals surface area contributed by atoms with Crippen LogP contribution in [0.25, 0.3) is 5.57 Å². The van der Waals surface area contributed by atoms with Crippen LogP contribution in [0.4, 0.5) is 5.69 Å². The molecule has 0 radical (unpaired) electrons. The quantitative estimate of drug-likeness (QED) is 0.352. The van der Waals surface area contributed by atoms with Gasteiger partial charge in [0, 0.05) is 23.3 Å². The first-order chi connectivity index (χ1) is 11.2. The number of ketones is 1. The Morgan fingerprint density at radius 1 is 0.870 bits per heavy atom. The van der Waals surface area contributed by atoms with Crippen LogP contribution in [0.2, 0.25) is 0 Å². The van der Waals surface area contributed by atoms with Crippen molar-refractivity contribution in [1.82, 2.24) is 0 Å². The molecule has 116 valence electrons. The Morgan fingerprint density at radius 3 is 2.04 bits per heavy atom. The number of hydrogen-bond donors (Lipinski definition) is 0. The first kappa shape index (κ1) is 15.2. The minimum atomic E-state index is -0.425. The Kier molecular flexibility index (Phi) is 4.33.